The molecule has 0 saturated heterocycles. The molecule has 2 N–H and O–H groups in total. The lowest BCUT2D eigenvalue weighted by Gasteiger charge is -2.03. The summed E-state index contributed by atoms with van der Waals surface area (Å²) in [5.41, 5.74) is 8.90. The van der Waals surface area contributed by atoms with Gasteiger partial charge in [-0.3, -0.25) is 4.79 Å². The summed E-state index contributed by atoms with van der Waals surface area (Å²) >= 11 is 1.28. The monoisotopic (exact) mass is 418 g/mol. The molecule has 4 aromatic rings. The number of aromatic nitrogens is 1. The van der Waals surface area contributed by atoms with E-state index >= 15 is 0 Å². The lowest BCUT2D eigenvalue weighted by Crippen LogP contribution is -2.02. The van der Waals surface area contributed by atoms with Gasteiger partial charge in [0.2, 0.25) is 19.4 Å². The lowest BCUT2D eigenvalue weighted by molar-refractivity contribution is 0.104. The Hall–Kier alpha value is -3.78. The third kappa shape index (κ3) is 2.57. The fourth-order valence-corrected chi connectivity index (χ4v) is 4.61. The van der Waals surface area contributed by atoms with Crippen molar-refractivity contribution in [2.75, 3.05) is 19.3 Å². The molecule has 0 radical (unpaired) electrons. The molecule has 0 aliphatic carbocycles. The van der Waals surface area contributed by atoms with Gasteiger partial charge in [0.15, 0.2) is 23.0 Å². The van der Waals surface area contributed by atoms with E-state index < -0.39 is 0 Å². The molecule has 2 aliphatic heterocycles. The number of ether oxygens (including phenoxy) is 4. The molecular weight excluding hydrogens is 404 g/mol. The molecule has 0 unspecified atom stereocenters. The SMILES string of the molecule is Nc1c(C(=O)c2ccc3c(c2)OCO3)sc2nc(-c3ccc4c(c3)OCO4)ccc12. The van der Waals surface area contributed by atoms with Gasteiger partial charge in [0, 0.05) is 16.5 Å². The molecule has 4 heterocycles. The maximum atomic E-state index is 13.1. The van der Waals surface area contributed by atoms with Crippen LogP contribution in [0.15, 0.2) is 48.5 Å². The van der Waals surface area contributed by atoms with Gasteiger partial charge in [-0.1, -0.05) is 0 Å². The van der Waals surface area contributed by atoms with Crippen LogP contribution in [0.4, 0.5) is 5.69 Å². The largest absolute Gasteiger partial charge is 0.454 e. The molecule has 0 fully saturated rings. The molecule has 2 aromatic carbocycles. The van der Waals surface area contributed by atoms with Crippen molar-refractivity contribution in [3.63, 3.8) is 0 Å². The first-order valence-electron chi connectivity index (χ1n) is 9.21. The van der Waals surface area contributed by atoms with Crippen molar-refractivity contribution in [3.05, 3.63) is 59.0 Å². The van der Waals surface area contributed by atoms with Crippen LogP contribution in [0.25, 0.3) is 21.5 Å². The third-order valence-corrected chi connectivity index (χ3v) is 6.22. The van der Waals surface area contributed by atoms with Crippen LogP contribution in [0.2, 0.25) is 0 Å². The molecule has 30 heavy (non-hydrogen) atoms. The zero-order chi connectivity index (χ0) is 20.2. The molecule has 2 aliphatic rings. The van der Waals surface area contributed by atoms with Crippen molar-refractivity contribution < 1.29 is 23.7 Å². The van der Waals surface area contributed by atoms with Crippen molar-refractivity contribution in [1.29, 1.82) is 0 Å². The number of carbonyl (C=O) groups is 1. The molecule has 6 rings (SSSR count). The number of thiophene rings is 1. The number of anilines is 1. The van der Waals surface area contributed by atoms with E-state index in [1.165, 1.54) is 11.3 Å². The Morgan fingerprint density at radius 1 is 0.867 bits per heavy atom. The first-order chi connectivity index (χ1) is 14.7. The summed E-state index contributed by atoms with van der Waals surface area (Å²) in [5, 5.41) is 0.758. The Balaban J connectivity index is 1.39. The van der Waals surface area contributed by atoms with Gasteiger partial charge in [-0.15, -0.1) is 11.3 Å². The van der Waals surface area contributed by atoms with E-state index in [0.717, 1.165) is 22.4 Å². The number of fused-ring (bicyclic) bond motifs is 3. The van der Waals surface area contributed by atoms with Crippen LogP contribution in [-0.4, -0.2) is 24.4 Å². The highest BCUT2D eigenvalue weighted by atomic mass is 32.1. The van der Waals surface area contributed by atoms with Crippen molar-refractivity contribution >= 4 is 33.0 Å². The first-order valence-corrected chi connectivity index (χ1v) is 10.0. The summed E-state index contributed by atoms with van der Waals surface area (Å²) in [6.07, 6.45) is 0. The van der Waals surface area contributed by atoms with Crippen LogP contribution in [-0.2, 0) is 0 Å². The van der Waals surface area contributed by atoms with Crippen LogP contribution in [0.1, 0.15) is 15.2 Å². The van der Waals surface area contributed by atoms with Crippen LogP contribution < -0.4 is 24.7 Å². The topological polar surface area (TPSA) is 92.9 Å². The number of nitrogens with zero attached hydrogens (tertiary/aromatic N) is 1. The van der Waals surface area contributed by atoms with Gasteiger partial charge in [-0.25, -0.2) is 4.98 Å². The number of pyridine rings is 1. The number of ketones is 1. The maximum absolute atomic E-state index is 13.1. The summed E-state index contributed by atoms with van der Waals surface area (Å²) < 4.78 is 21.5. The third-order valence-electron chi connectivity index (χ3n) is 5.10. The lowest BCUT2D eigenvalue weighted by atomic mass is 10.1. The molecule has 8 heteroatoms. The van der Waals surface area contributed by atoms with Gasteiger partial charge in [0.25, 0.3) is 0 Å². The summed E-state index contributed by atoms with van der Waals surface area (Å²) in [5.74, 6) is 2.43. The molecule has 148 valence electrons. The summed E-state index contributed by atoms with van der Waals surface area (Å²) in [7, 11) is 0. The number of hydrogen-bond donors (Lipinski definition) is 1. The minimum absolute atomic E-state index is 0.157. The highest BCUT2D eigenvalue weighted by Crippen LogP contribution is 2.39. The minimum Gasteiger partial charge on any atom is -0.454 e. The standard InChI is InChI=1S/C22H14N2O5S/c23-19-13-3-4-14(11-1-5-15-17(7-11)28-9-26-15)24-22(13)30-21(19)20(25)12-2-6-16-18(8-12)29-10-27-16/h1-8H,9-10,23H2. The number of benzene rings is 2. The molecule has 0 amide bonds. The van der Waals surface area contributed by atoms with Crippen molar-refractivity contribution in [2.24, 2.45) is 0 Å². The van der Waals surface area contributed by atoms with E-state index in [-0.39, 0.29) is 19.4 Å². The van der Waals surface area contributed by atoms with E-state index in [1.54, 1.807) is 18.2 Å². The second-order valence-corrected chi connectivity index (χ2v) is 7.86. The highest BCUT2D eigenvalue weighted by Gasteiger charge is 2.22. The summed E-state index contributed by atoms with van der Waals surface area (Å²) in [6, 6.07) is 14.6. The minimum atomic E-state index is -0.168. The van der Waals surface area contributed by atoms with Gasteiger partial charge in [-0.2, -0.15) is 0 Å². The van der Waals surface area contributed by atoms with Gasteiger partial charge in [0.1, 0.15) is 9.71 Å². The number of nitrogens with two attached hydrogens (primary N) is 1. The fourth-order valence-electron chi connectivity index (χ4n) is 3.55. The average Bonchev–Trinajstić information content (AvgIpc) is 3.50. The van der Waals surface area contributed by atoms with E-state index in [0.29, 0.717) is 38.2 Å². The number of carbonyl (C=O) groups excluding carboxylic acids is 1. The van der Waals surface area contributed by atoms with Gasteiger partial charge in [-0.05, 0) is 48.5 Å². The smallest absolute Gasteiger partial charge is 0.231 e. The van der Waals surface area contributed by atoms with Gasteiger partial charge >= 0.3 is 0 Å². The Labute approximate surface area is 174 Å². The van der Waals surface area contributed by atoms with Gasteiger partial charge < -0.3 is 24.7 Å². The molecule has 2 aromatic heterocycles. The van der Waals surface area contributed by atoms with Crippen molar-refractivity contribution in [3.8, 4) is 34.3 Å². The second-order valence-electron chi connectivity index (χ2n) is 6.86. The predicted molar refractivity (Wildman–Crippen MR) is 112 cm³/mol. The average molecular weight is 418 g/mol. The van der Waals surface area contributed by atoms with Gasteiger partial charge in [0.05, 0.1) is 11.4 Å². The van der Waals surface area contributed by atoms with Crippen LogP contribution in [0.5, 0.6) is 23.0 Å². The Morgan fingerprint density at radius 2 is 1.57 bits per heavy atom. The first kappa shape index (κ1) is 17.1. The second kappa shape index (κ2) is 6.36. The van der Waals surface area contributed by atoms with Crippen LogP contribution in [0, 0.1) is 0 Å². The van der Waals surface area contributed by atoms with E-state index in [4.69, 9.17) is 29.7 Å². The van der Waals surface area contributed by atoms with Crippen molar-refractivity contribution in [2.45, 2.75) is 0 Å². The maximum Gasteiger partial charge on any atom is 0.231 e. The summed E-state index contributed by atoms with van der Waals surface area (Å²) in [4.78, 5) is 19.0. The van der Waals surface area contributed by atoms with E-state index in [9.17, 15) is 4.79 Å². The number of rotatable bonds is 3. The zero-order valence-electron chi connectivity index (χ0n) is 15.5. The van der Waals surface area contributed by atoms with E-state index in [1.807, 2.05) is 30.3 Å². The number of nitrogen functional groups attached to an aromatic ring is 1. The normalized spacial score (nSPS) is 13.7. The zero-order valence-corrected chi connectivity index (χ0v) is 16.3. The molecule has 0 spiro atoms. The quantitative estimate of drug-likeness (QED) is 0.498. The Bertz CT molecular complexity index is 1350. The number of hydrogen-bond acceptors (Lipinski definition) is 8. The summed E-state index contributed by atoms with van der Waals surface area (Å²) in [6.45, 7) is 0.378. The molecule has 0 bridgehead atoms. The van der Waals surface area contributed by atoms with Crippen LogP contribution in [0.3, 0.4) is 0 Å². The Morgan fingerprint density at radius 3 is 2.37 bits per heavy atom. The van der Waals surface area contributed by atoms with Crippen molar-refractivity contribution in [1.82, 2.24) is 4.98 Å². The Kier molecular flexibility index (Phi) is 3.63. The fraction of sp³-hybridized carbons (Fsp3) is 0.0909. The van der Waals surface area contributed by atoms with Crippen LogP contribution >= 0.6 is 11.3 Å². The highest BCUT2D eigenvalue weighted by molar-refractivity contribution is 7.21. The molecular formula is C22H14N2O5S. The molecule has 0 saturated carbocycles. The molecule has 7 nitrogen and oxygen atoms in total. The predicted octanol–water partition coefficient (Wildman–Crippen LogP) is 4.23. The van der Waals surface area contributed by atoms with E-state index in [2.05, 4.69) is 0 Å². The molecule has 0 atom stereocenters.